The highest BCUT2D eigenvalue weighted by atomic mass is 16.4. The highest BCUT2D eigenvalue weighted by Gasteiger charge is 2.61. The summed E-state index contributed by atoms with van der Waals surface area (Å²) in [7, 11) is 0. The van der Waals surface area contributed by atoms with E-state index in [-0.39, 0.29) is 13.1 Å². The van der Waals surface area contributed by atoms with Gasteiger partial charge in [-0.05, 0) is 19.4 Å². The van der Waals surface area contributed by atoms with Gasteiger partial charge in [0.05, 0.1) is 10.8 Å². The molecule has 1 aromatic carbocycles. The SMILES string of the molecule is CC1(C(=O)O)CN(Cc2ccccc2)CC1(C)C(=O)O. The van der Waals surface area contributed by atoms with E-state index >= 15 is 0 Å². The summed E-state index contributed by atoms with van der Waals surface area (Å²) < 4.78 is 0. The van der Waals surface area contributed by atoms with E-state index in [2.05, 4.69) is 0 Å². The number of rotatable bonds is 4. The molecule has 2 N–H and O–H groups in total. The molecule has 1 aromatic rings. The first-order valence-electron chi connectivity index (χ1n) is 6.53. The third-order valence-electron chi connectivity index (χ3n) is 4.49. The van der Waals surface area contributed by atoms with Crippen molar-refractivity contribution < 1.29 is 19.8 Å². The molecule has 0 amide bonds. The predicted octanol–water partition coefficient (Wildman–Crippen LogP) is 1.68. The van der Waals surface area contributed by atoms with Gasteiger partial charge in [0.15, 0.2) is 0 Å². The molecule has 0 spiro atoms. The van der Waals surface area contributed by atoms with Crippen molar-refractivity contribution in [3.8, 4) is 0 Å². The van der Waals surface area contributed by atoms with Crippen LogP contribution in [-0.4, -0.2) is 40.1 Å². The minimum atomic E-state index is -1.28. The summed E-state index contributed by atoms with van der Waals surface area (Å²) in [6, 6.07) is 9.65. The van der Waals surface area contributed by atoms with Gasteiger partial charge in [-0.25, -0.2) is 0 Å². The van der Waals surface area contributed by atoms with Crippen molar-refractivity contribution >= 4 is 11.9 Å². The van der Waals surface area contributed by atoms with Gasteiger partial charge in [-0.3, -0.25) is 14.5 Å². The monoisotopic (exact) mass is 277 g/mol. The topological polar surface area (TPSA) is 77.8 Å². The average molecular weight is 277 g/mol. The van der Waals surface area contributed by atoms with Crippen molar-refractivity contribution in [2.45, 2.75) is 20.4 Å². The molecule has 0 aliphatic carbocycles. The Balaban J connectivity index is 2.25. The van der Waals surface area contributed by atoms with Crippen LogP contribution >= 0.6 is 0 Å². The van der Waals surface area contributed by atoms with E-state index in [1.54, 1.807) is 0 Å². The first kappa shape index (κ1) is 14.5. The van der Waals surface area contributed by atoms with Gasteiger partial charge in [0.2, 0.25) is 0 Å². The van der Waals surface area contributed by atoms with Crippen LogP contribution in [0.1, 0.15) is 19.4 Å². The highest BCUT2D eigenvalue weighted by Crippen LogP contribution is 2.46. The molecule has 108 valence electrons. The average Bonchev–Trinajstić information content (AvgIpc) is 2.64. The third kappa shape index (κ3) is 2.18. The lowest BCUT2D eigenvalue weighted by Crippen LogP contribution is -2.48. The van der Waals surface area contributed by atoms with Crippen LogP contribution in [0.4, 0.5) is 0 Å². The zero-order valence-electron chi connectivity index (χ0n) is 11.7. The van der Waals surface area contributed by atoms with Gasteiger partial charge in [0, 0.05) is 19.6 Å². The van der Waals surface area contributed by atoms with Crippen LogP contribution in [-0.2, 0) is 16.1 Å². The minimum Gasteiger partial charge on any atom is -0.481 e. The summed E-state index contributed by atoms with van der Waals surface area (Å²) in [5, 5.41) is 18.9. The van der Waals surface area contributed by atoms with Gasteiger partial charge in [-0.2, -0.15) is 0 Å². The van der Waals surface area contributed by atoms with Crippen LogP contribution in [0.25, 0.3) is 0 Å². The Labute approximate surface area is 117 Å². The molecule has 1 fully saturated rings. The number of nitrogens with zero attached hydrogens (tertiary/aromatic N) is 1. The quantitative estimate of drug-likeness (QED) is 0.875. The summed E-state index contributed by atoms with van der Waals surface area (Å²) in [6.07, 6.45) is 0. The standard InChI is InChI=1S/C15H19NO4/c1-14(12(17)18)9-16(10-15(14,2)13(19)20)8-11-6-4-3-5-7-11/h3-7H,8-10H2,1-2H3,(H,17,18)(H,19,20). The molecule has 5 heteroatoms. The third-order valence-corrected chi connectivity index (χ3v) is 4.49. The Morgan fingerprint density at radius 1 is 1.05 bits per heavy atom. The van der Waals surface area contributed by atoms with Crippen LogP contribution in [0.2, 0.25) is 0 Å². The maximum absolute atomic E-state index is 11.6. The molecule has 0 aromatic heterocycles. The second-order valence-corrected chi connectivity index (χ2v) is 5.91. The summed E-state index contributed by atoms with van der Waals surface area (Å²) in [6.45, 7) is 4.08. The van der Waals surface area contributed by atoms with Gasteiger partial charge < -0.3 is 10.2 Å². The Morgan fingerprint density at radius 3 is 1.90 bits per heavy atom. The van der Waals surface area contributed by atoms with E-state index < -0.39 is 22.8 Å². The van der Waals surface area contributed by atoms with Gasteiger partial charge in [0.25, 0.3) is 0 Å². The smallest absolute Gasteiger partial charge is 0.311 e. The molecule has 1 heterocycles. The lowest BCUT2D eigenvalue weighted by atomic mass is 9.68. The summed E-state index contributed by atoms with van der Waals surface area (Å²) in [4.78, 5) is 25.0. The largest absolute Gasteiger partial charge is 0.481 e. The van der Waals surface area contributed by atoms with Gasteiger partial charge >= 0.3 is 11.9 Å². The van der Waals surface area contributed by atoms with Crippen molar-refractivity contribution in [3.05, 3.63) is 35.9 Å². The maximum atomic E-state index is 11.6. The van der Waals surface area contributed by atoms with Crippen molar-refractivity contribution in [3.63, 3.8) is 0 Å². The number of benzene rings is 1. The van der Waals surface area contributed by atoms with E-state index in [0.29, 0.717) is 6.54 Å². The maximum Gasteiger partial charge on any atom is 0.311 e. The van der Waals surface area contributed by atoms with E-state index in [1.165, 1.54) is 13.8 Å². The second-order valence-electron chi connectivity index (χ2n) is 5.91. The second kappa shape index (κ2) is 4.90. The predicted molar refractivity (Wildman–Crippen MR) is 73.2 cm³/mol. The molecular weight excluding hydrogens is 258 g/mol. The zero-order valence-corrected chi connectivity index (χ0v) is 11.7. The number of likely N-dealkylation sites (tertiary alicyclic amines) is 1. The van der Waals surface area contributed by atoms with Crippen molar-refractivity contribution in [2.75, 3.05) is 13.1 Å². The molecule has 2 atom stereocenters. The van der Waals surface area contributed by atoms with Crippen LogP contribution in [0.5, 0.6) is 0 Å². The number of hydrogen-bond donors (Lipinski definition) is 2. The first-order valence-corrected chi connectivity index (χ1v) is 6.53. The van der Waals surface area contributed by atoms with Gasteiger partial charge in [-0.1, -0.05) is 30.3 Å². The normalized spacial score (nSPS) is 30.3. The number of aliphatic carboxylic acids is 2. The molecule has 0 bridgehead atoms. The van der Waals surface area contributed by atoms with Gasteiger partial charge in [0.1, 0.15) is 0 Å². The number of carboxylic acid groups (broad SMARTS) is 2. The number of hydrogen-bond acceptors (Lipinski definition) is 3. The summed E-state index contributed by atoms with van der Waals surface area (Å²) in [5.41, 5.74) is -1.52. The molecule has 5 nitrogen and oxygen atoms in total. The van der Waals surface area contributed by atoms with Crippen LogP contribution in [0.3, 0.4) is 0 Å². The van der Waals surface area contributed by atoms with E-state index in [0.717, 1.165) is 5.56 Å². The summed E-state index contributed by atoms with van der Waals surface area (Å²) >= 11 is 0. The molecule has 1 aliphatic rings. The molecule has 1 saturated heterocycles. The fraction of sp³-hybridized carbons (Fsp3) is 0.467. The molecule has 0 saturated carbocycles. The van der Waals surface area contributed by atoms with E-state index in [9.17, 15) is 19.8 Å². The molecule has 1 aliphatic heterocycles. The zero-order chi connectivity index (χ0) is 15.0. The van der Waals surface area contributed by atoms with E-state index in [1.807, 2.05) is 35.2 Å². The van der Waals surface area contributed by atoms with Crippen LogP contribution < -0.4 is 0 Å². The Morgan fingerprint density at radius 2 is 1.50 bits per heavy atom. The lowest BCUT2D eigenvalue weighted by Gasteiger charge is -2.32. The fourth-order valence-corrected chi connectivity index (χ4v) is 2.86. The van der Waals surface area contributed by atoms with E-state index in [4.69, 9.17) is 0 Å². The number of carbonyl (C=O) groups is 2. The van der Waals surface area contributed by atoms with Crippen molar-refractivity contribution in [1.82, 2.24) is 4.90 Å². The molecule has 2 unspecified atom stereocenters. The van der Waals surface area contributed by atoms with Crippen molar-refractivity contribution in [1.29, 1.82) is 0 Å². The molecule has 0 radical (unpaired) electrons. The van der Waals surface area contributed by atoms with Crippen LogP contribution in [0.15, 0.2) is 30.3 Å². The number of carboxylic acids is 2. The molecular formula is C15H19NO4. The Kier molecular flexibility index (Phi) is 3.56. The van der Waals surface area contributed by atoms with Gasteiger partial charge in [-0.15, -0.1) is 0 Å². The fourth-order valence-electron chi connectivity index (χ4n) is 2.86. The summed E-state index contributed by atoms with van der Waals surface area (Å²) in [5.74, 6) is -2.11. The van der Waals surface area contributed by atoms with Crippen LogP contribution in [0, 0.1) is 10.8 Å². The highest BCUT2D eigenvalue weighted by molar-refractivity contribution is 5.87. The Hall–Kier alpha value is -1.88. The van der Waals surface area contributed by atoms with Crippen molar-refractivity contribution in [2.24, 2.45) is 10.8 Å². The minimum absolute atomic E-state index is 0.236. The molecule has 2 rings (SSSR count). The molecule has 20 heavy (non-hydrogen) atoms. The Bertz CT molecular complexity index is 502. The lowest BCUT2D eigenvalue weighted by molar-refractivity contribution is -0.166. The first-order chi connectivity index (χ1) is 9.29.